The van der Waals surface area contributed by atoms with Crippen LogP contribution in [0.1, 0.15) is 41.3 Å². The third kappa shape index (κ3) is 3.18. The van der Waals surface area contributed by atoms with Gasteiger partial charge < -0.3 is 15.0 Å². The van der Waals surface area contributed by atoms with Gasteiger partial charge >= 0.3 is 0 Å². The van der Waals surface area contributed by atoms with Crippen LogP contribution < -0.4 is 10.1 Å². The summed E-state index contributed by atoms with van der Waals surface area (Å²) in [4.78, 5) is 15.0. The van der Waals surface area contributed by atoms with Crippen molar-refractivity contribution in [2.75, 3.05) is 32.7 Å². The van der Waals surface area contributed by atoms with Crippen LogP contribution in [0.2, 0.25) is 0 Å². The molecule has 1 aromatic rings. The molecule has 0 amide bonds. The van der Waals surface area contributed by atoms with Crippen molar-refractivity contribution in [3.63, 3.8) is 0 Å². The van der Waals surface area contributed by atoms with E-state index in [0.29, 0.717) is 6.42 Å². The average molecular weight is 302 g/mol. The highest BCUT2D eigenvalue weighted by molar-refractivity contribution is 6.01. The lowest BCUT2D eigenvalue weighted by molar-refractivity contribution is 0.0382. The summed E-state index contributed by atoms with van der Waals surface area (Å²) in [5.74, 6) is 1.01. The molecule has 4 nitrogen and oxygen atoms in total. The van der Waals surface area contributed by atoms with E-state index in [1.807, 2.05) is 19.9 Å². The number of nitrogens with zero attached hydrogens (tertiary/aromatic N) is 1. The molecular weight excluding hydrogens is 276 g/mol. The minimum absolute atomic E-state index is 0.218. The van der Waals surface area contributed by atoms with Gasteiger partial charge in [-0.2, -0.15) is 0 Å². The Hall–Kier alpha value is -1.39. The van der Waals surface area contributed by atoms with Gasteiger partial charge in [-0.1, -0.05) is 6.07 Å². The van der Waals surface area contributed by atoms with E-state index in [-0.39, 0.29) is 11.4 Å². The Morgan fingerprint density at radius 1 is 1.27 bits per heavy atom. The second kappa shape index (κ2) is 6.01. The average Bonchev–Trinajstić information content (AvgIpc) is 2.48. The van der Waals surface area contributed by atoms with Crippen LogP contribution >= 0.6 is 0 Å². The topological polar surface area (TPSA) is 41.6 Å². The number of nitrogens with one attached hydrogen (secondary N) is 1. The van der Waals surface area contributed by atoms with Gasteiger partial charge in [-0.3, -0.25) is 4.79 Å². The lowest BCUT2D eigenvalue weighted by Gasteiger charge is -2.38. The van der Waals surface area contributed by atoms with Crippen molar-refractivity contribution in [2.24, 2.45) is 0 Å². The molecule has 0 bridgehead atoms. The summed E-state index contributed by atoms with van der Waals surface area (Å²) in [7, 11) is 0. The summed E-state index contributed by atoms with van der Waals surface area (Å²) in [6.45, 7) is 11.4. The predicted octanol–water partition coefficient (Wildman–Crippen LogP) is 2.32. The maximum absolute atomic E-state index is 12.6. The highest BCUT2D eigenvalue weighted by atomic mass is 16.5. The number of hydrogen-bond acceptors (Lipinski definition) is 4. The zero-order chi connectivity index (χ0) is 15.7. The number of carbonyl (C=O) groups excluding carboxylic acids is 1. The van der Waals surface area contributed by atoms with Crippen LogP contribution in [-0.4, -0.2) is 49.0 Å². The van der Waals surface area contributed by atoms with Crippen LogP contribution in [0.25, 0.3) is 0 Å². The van der Waals surface area contributed by atoms with Crippen molar-refractivity contribution in [2.45, 2.75) is 39.2 Å². The quantitative estimate of drug-likeness (QED) is 0.930. The number of Topliss-reactive ketones (excluding diaryl/α,β-unsaturated/α-hetero) is 1. The lowest BCUT2D eigenvalue weighted by atomic mass is 9.87. The molecule has 2 heterocycles. The van der Waals surface area contributed by atoms with Gasteiger partial charge in [-0.15, -0.1) is 0 Å². The van der Waals surface area contributed by atoms with Crippen LogP contribution in [0.5, 0.6) is 5.75 Å². The standard InChI is InChI=1S/C18H26N2O2/c1-13-10-14(2)17-15(11-13)16(21)12-18(3,22-17)4-7-20-8-5-19-6-9-20/h10-11,19H,4-9,12H2,1-3H3. The van der Waals surface area contributed by atoms with Crippen molar-refractivity contribution in [3.8, 4) is 5.75 Å². The fraction of sp³-hybridized carbons (Fsp3) is 0.611. The van der Waals surface area contributed by atoms with E-state index in [1.165, 1.54) is 0 Å². The van der Waals surface area contributed by atoms with E-state index < -0.39 is 0 Å². The summed E-state index contributed by atoms with van der Waals surface area (Å²) in [6.07, 6.45) is 1.38. The van der Waals surface area contributed by atoms with E-state index in [9.17, 15) is 4.79 Å². The zero-order valence-corrected chi connectivity index (χ0v) is 13.9. The molecule has 0 saturated carbocycles. The number of benzene rings is 1. The first kappa shape index (κ1) is 15.5. The van der Waals surface area contributed by atoms with Crippen LogP contribution in [-0.2, 0) is 0 Å². The molecule has 0 aliphatic carbocycles. The van der Waals surface area contributed by atoms with Crippen molar-refractivity contribution < 1.29 is 9.53 Å². The van der Waals surface area contributed by atoms with Gasteiger partial charge in [0.15, 0.2) is 5.78 Å². The van der Waals surface area contributed by atoms with E-state index in [4.69, 9.17) is 4.74 Å². The summed E-state index contributed by atoms with van der Waals surface area (Å²) >= 11 is 0. The van der Waals surface area contributed by atoms with E-state index in [0.717, 1.165) is 61.6 Å². The van der Waals surface area contributed by atoms with E-state index in [2.05, 4.69) is 23.2 Å². The fourth-order valence-corrected chi connectivity index (χ4v) is 3.48. The molecule has 1 atom stereocenters. The largest absolute Gasteiger partial charge is 0.486 e. The molecule has 0 spiro atoms. The first-order valence-corrected chi connectivity index (χ1v) is 8.23. The van der Waals surface area contributed by atoms with Gasteiger partial charge in [0.2, 0.25) is 0 Å². The molecule has 0 aromatic heterocycles. The number of carbonyl (C=O) groups is 1. The number of ether oxygens (including phenoxy) is 1. The Balaban J connectivity index is 1.74. The second-order valence-corrected chi connectivity index (χ2v) is 6.95. The summed E-state index contributed by atoms with van der Waals surface area (Å²) in [5, 5.41) is 3.37. The number of fused-ring (bicyclic) bond motifs is 1. The van der Waals surface area contributed by atoms with Gasteiger partial charge in [0.25, 0.3) is 0 Å². The van der Waals surface area contributed by atoms with Crippen LogP contribution in [0.15, 0.2) is 12.1 Å². The first-order chi connectivity index (χ1) is 10.5. The second-order valence-electron chi connectivity index (χ2n) is 6.95. The van der Waals surface area contributed by atoms with Crippen LogP contribution in [0.4, 0.5) is 0 Å². The van der Waals surface area contributed by atoms with E-state index >= 15 is 0 Å². The minimum Gasteiger partial charge on any atom is -0.486 e. The SMILES string of the molecule is Cc1cc(C)c2c(c1)C(=O)CC(C)(CCN1CCNCC1)O2. The summed E-state index contributed by atoms with van der Waals surface area (Å²) in [6, 6.07) is 4.05. The number of piperazine rings is 1. The van der Waals surface area contributed by atoms with Gasteiger partial charge in [0.1, 0.15) is 11.4 Å². The zero-order valence-electron chi connectivity index (χ0n) is 13.9. The number of hydrogen-bond donors (Lipinski definition) is 1. The smallest absolute Gasteiger partial charge is 0.170 e. The fourth-order valence-electron chi connectivity index (χ4n) is 3.48. The highest BCUT2D eigenvalue weighted by Crippen LogP contribution is 2.38. The van der Waals surface area contributed by atoms with Gasteiger partial charge in [-0.25, -0.2) is 0 Å². The van der Waals surface area contributed by atoms with Gasteiger partial charge in [0, 0.05) is 32.7 Å². The third-order valence-electron chi connectivity index (χ3n) is 4.77. The number of aryl methyl sites for hydroxylation is 2. The van der Waals surface area contributed by atoms with Crippen molar-refractivity contribution in [1.29, 1.82) is 0 Å². The molecule has 1 fully saturated rings. The molecule has 22 heavy (non-hydrogen) atoms. The first-order valence-electron chi connectivity index (χ1n) is 8.23. The van der Waals surface area contributed by atoms with Crippen molar-refractivity contribution in [3.05, 3.63) is 28.8 Å². The lowest BCUT2D eigenvalue weighted by Crippen LogP contribution is -2.47. The van der Waals surface area contributed by atoms with Crippen molar-refractivity contribution >= 4 is 5.78 Å². The Labute approximate surface area is 132 Å². The number of ketones is 1. The molecule has 1 saturated heterocycles. The molecule has 3 rings (SSSR count). The maximum atomic E-state index is 12.6. The van der Waals surface area contributed by atoms with Gasteiger partial charge in [0.05, 0.1) is 12.0 Å². The Bertz CT molecular complexity index is 579. The van der Waals surface area contributed by atoms with E-state index in [1.54, 1.807) is 0 Å². The normalized spacial score (nSPS) is 25.7. The Morgan fingerprint density at radius 3 is 2.73 bits per heavy atom. The molecule has 1 aromatic carbocycles. The molecule has 4 heteroatoms. The van der Waals surface area contributed by atoms with Crippen LogP contribution in [0.3, 0.4) is 0 Å². The number of rotatable bonds is 3. The van der Waals surface area contributed by atoms with Crippen molar-refractivity contribution in [1.82, 2.24) is 10.2 Å². The molecule has 1 unspecified atom stereocenters. The molecule has 2 aliphatic heterocycles. The molecule has 1 N–H and O–H groups in total. The molecule has 2 aliphatic rings. The van der Waals surface area contributed by atoms with Crippen LogP contribution in [0, 0.1) is 13.8 Å². The molecule has 0 radical (unpaired) electrons. The monoisotopic (exact) mass is 302 g/mol. The Kier molecular flexibility index (Phi) is 4.24. The summed E-state index contributed by atoms with van der Waals surface area (Å²) < 4.78 is 6.30. The van der Waals surface area contributed by atoms with Gasteiger partial charge in [-0.05, 0) is 44.4 Å². The third-order valence-corrected chi connectivity index (χ3v) is 4.77. The minimum atomic E-state index is -0.380. The summed E-state index contributed by atoms with van der Waals surface area (Å²) in [5.41, 5.74) is 2.57. The molecular formula is C18H26N2O2. The predicted molar refractivity (Wildman–Crippen MR) is 87.8 cm³/mol. The molecule has 120 valence electrons. The Morgan fingerprint density at radius 2 is 2.00 bits per heavy atom. The maximum Gasteiger partial charge on any atom is 0.170 e. The highest BCUT2D eigenvalue weighted by Gasteiger charge is 2.37.